The topological polar surface area (TPSA) is 0 Å². The van der Waals surface area contributed by atoms with Gasteiger partial charge in [0.2, 0.25) is 0 Å². The third kappa shape index (κ3) is 17.4. The van der Waals surface area contributed by atoms with Gasteiger partial charge in [0.1, 0.15) is 0 Å². The van der Waals surface area contributed by atoms with Crippen molar-refractivity contribution in [1.82, 2.24) is 0 Å². The molecule has 0 rings (SSSR count). The molecule has 16 heavy (non-hydrogen) atoms. The van der Waals surface area contributed by atoms with Crippen molar-refractivity contribution in [2.45, 2.75) is 85.7 Å². The molecular formula is C14H34SiSn. The molecule has 0 bridgehead atoms. The van der Waals surface area contributed by atoms with Gasteiger partial charge in [-0.15, -0.1) is 0 Å². The van der Waals surface area contributed by atoms with Crippen LogP contribution >= 0.6 is 0 Å². The molecule has 0 atom stereocenters. The van der Waals surface area contributed by atoms with E-state index in [4.69, 9.17) is 0 Å². The first kappa shape index (κ1) is 19.4. The maximum atomic E-state index is 2.33. The van der Waals surface area contributed by atoms with Crippen LogP contribution in [0.25, 0.3) is 0 Å². The minimum absolute atomic E-state index is 0.750. The standard InChI is InChI=1S/3C4H9.C2H7Si.Sn/c3*1-3-4-2;1-3-2;/h3*1,3-4H2,2H3;3H,1-2H3;. The molecule has 0 unspecified atom stereocenters. The summed E-state index contributed by atoms with van der Waals surface area (Å²) in [6, 6.07) is 0. The van der Waals surface area contributed by atoms with E-state index >= 15 is 0 Å². The van der Waals surface area contributed by atoms with Crippen LogP contribution in [0.1, 0.15) is 59.3 Å². The van der Waals surface area contributed by atoms with Gasteiger partial charge in [-0.3, -0.25) is 0 Å². The van der Waals surface area contributed by atoms with Gasteiger partial charge < -0.3 is 0 Å². The molecule has 0 saturated heterocycles. The maximum Gasteiger partial charge on any atom is 0.0213 e. The van der Waals surface area contributed by atoms with Crippen LogP contribution in [0.15, 0.2) is 0 Å². The third-order valence-electron chi connectivity index (χ3n) is 2.65. The van der Waals surface area contributed by atoms with Crippen LogP contribution in [-0.4, -0.2) is 29.3 Å². The van der Waals surface area contributed by atoms with Crippen LogP contribution in [0.2, 0.25) is 26.4 Å². The number of hydrogen-bond donors (Lipinski definition) is 0. The molecule has 0 aliphatic rings. The molecule has 0 nitrogen and oxygen atoms in total. The second-order valence-electron chi connectivity index (χ2n) is 4.64. The summed E-state index contributed by atoms with van der Waals surface area (Å²) < 4.78 is 5.04. The Kier molecular flexibility index (Phi) is 22.2. The van der Waals surface area contributed by atoms with Crippen molar-refractivity contribution in [1.29, 1.82) is 0 Å². The Hall–Kier alpha value is 1.02. The zero-order valence-electron chi connectivity index (χ0n) is 12.4. The molecule has 2 heteroatoms. The molecule has 0 heterocycles. The van der Waals surface area contributed by atoms with Crippen LogP contribution in [0, 0.1) is 0 Å². The largest absolute Gasteiger partial charge is 0.0743 e. The first-order valence-electron chi connectivity index (χ1n) is 7.34. The van der Waals surface area contributed by atoms with Crippen LogP contribution in [0.4, 0.5) is 0 Å². The number of unbranched alkanes of at least 4 members (excludes halogenated alkanes) is 3. The van der Waals surface area contributed by atoms with E-state index < -0.39 is 19.8 Å². The van der Waals surface area contributed by atoms with Gasteiger partial charge in [0, 0.05) is 9.52 Å². The van der Waals surface area contributed by atoms with E-state index in [1.807, 2.05) is 0 Å². The zero-order valence-corrected chi connectivity index (χ0v) is 16.5. The number of rotatable bonds is 9. The summed E-state index contributed by atoms with van der Waals surface area (Å²) in [7, 11) is 0.750. The van der Waals surface area contributed by atoms with Gasteiger partial charge in [-0.1, -0.05) is 13.1 Å². The van der Waals surface area contributed by atoms with Gasteiger partial charge >= 0.3 is 92.4 Å². The van der Waals surface area contributed by atoms with E-state index in [2.05, 4.69) is 33.9 Å². The summed E-state index contributed by atoms with van der Waals surface area (Å²) >= 11 is -0.839. The van der Waals surface area contributed by atoms with Gasteiger partial charge in [-0.2, -0.15) is 0 Å². The molecular weight excluding hydrogens is 315 g/mol. The van der Waals surface area contributed by atoms with Crippen LogP contribution < -0.4 is 0 Å². The second-order valence-corrected chi connectivity index (χ2v) is 14.4. The monoisotopic (exact) mass is 350 g/mol. The Labute approximate surface area is 115 Å². The summed E-state index contributed by atoms with van der Waals surface area (Å²) in [4.78, 5) is 0. The van der Waals surface area contributed by atoms with Gasteiger partial charge in [0.25, 0.3) is 0 Å². The predicted molar refractivity (Wildman–Crippen MR) is 83.8 cm³/mol. The minimum atomic E-state index is -0.839. The summed E-state index contributed by atoms with van der Waals surface area (Å²) in [5.41, 5.74) is 0. The van der Waals surface area contributed by atoms with Crippen LogP contribution in [0.3, 0.4) is 0 Å². The first-order valence-corrected chi connectivity index (χ1v) is 15.7. The van der Waals surface area contributed by atoms with E-state index in [0.29, 0.717) is 0 Å². The fourth-order valence-corrected chi connectivity index (χ4v) is 11.1. The molecule has 0 saturated carbocycles. The van der Waals surface area contributed by atoms with Gasteiger partial charge in [-0.05, 0) is 0 Å². The van der Waals surface area contributed by atoms with E-state index in [1.165, 1.54) is 38.5 Å². The predicted octanol–water partition coefficient (Wildman–Crippen LogP) is 5.40. The summed E-state index contributed by atoms with van der Waals surface area (Å²) in [6.45, 7) is 11.4. The number of hydrogen-bond acceptors (Lipinski definition) is 0. The van der Waals surface area contributed by atoms with E-state index in [0.717, 1.165) is 9.52 Å². The van der Waals surface area contributed by atoms with Gasteiger partial charge in [0.05, 0.1) is 0 Å². The fourth-order valence-electron chi connectivity index (χ4n) is 1.66. The second kappa shape index (κ2) is 18.4. The average molecular weight is 349 g/mol. The molecule has 0 aliphatic heterocycles. The summed E-state index contributed by atoms with van der Waals surface area (Å²) in [5.74, 6) is 0. The first-order chi connectivity index (χ1) is 7.76. The molecule has 0 fully saturated rings. The molecule has 0 amide bonds. The average Bonchev–Trinajstić information content (AvgIpc) is 2.29. The van der Waals surface area contributed by atoms with Crippen molar-refractivity contribution >= 4 is 29.3 Å². The van der Waals surface area contributed by atoms with Crippen molar-refractivity contribution in [3.05, 3.63) is 0 Å². The summed E-state index contributed by atoms with van der Waals surface area (Å²) in [6.07, 6.45) is 8.85. The quantitative estimate of drug-likeness (QED) is 0.489. The van der Waals surface area contributed by atoms with Gasteiger partial charge in [-0.25, -0.2) is 0 Å². The molecule has 0 aliphatic carbocycles. The maximum absolute atomic E-state index is 2.33. The normalized spacial score (nSPS) is 10.1. The Balaban J connectivity index is 0. The molecule has 0 N–H and O–H groups in total. The Morgan fingerprint density at radius 2 is 0.938 bits per heavy atom. The van der Waals surface area contributed by atoms with Crippen molar-refractivity contribution in [3.63, 3.8) is 0 Å². The van der Waals surface area contributed by atoms with Crippen LogP contribution in [0.5, 0.6) is 0 Å². The Bertz CT molecular complexity index is 87.9. The smallest absolute Gasteiger partial charge is 0.0213 e. The zero-order chi connectivity index (χ0) is 12.6. The Morgan fingerprint density at radius 3 is 1.12 bits per heavy atom. The van der Waals surface area contributed by atoms with Gasteiger partial charge in [0.15, 0.2) is 0 Å². The van der Waals surface area contributed by atoms with Crippen molar-refractivity contribution < 1.29 is 0 Å². The molecule has 98 valence electrons. The minimum Gasteiger partial charge on any atom is -0.0743 e. The third-order valence-corrected chi connectivity index (χ3v) is 11.7. The van der Waals surface area contributed by atoms with E-state index in [9.17, 15) is 0 Å². The molecule has 0 aromatic carbocycles. The van der Waals surface area contributed by atoms with E-state index in [-0.39, 0.29) is 0 Å². The molecule has 2 radical (unpaired) electrons. The fraction of sp³-hybridized carbons (Fsp3) is 1.00. The van der Waals surface area contributed by atoms with Crippen LogP contribution in [-0.2, 0) is 0 Å². The molecule has 0 spiro atoms. The summed E-state index contributed by atoms with van der Waals surface area (Å²) in [5, 5.41) is 0. The van der Waals surface area contributed by atoms with Crippen molar-refractivity contribution in [3.8, 4) is 0 Å². The molecule has 0 aromatic rings. The Morgan fingerprint density at radius 1 is 0.688 bits per heavy atom. The van der Waals surface area contributed by atoms with Crippen molar-refractivity contribution in [2.75, 3.05) is 0 Å². The van der Waals surface area contributed by atoms with E-state index in [1.54, 1.807) is 13.3 Å². The SMILES string of the molecule is CCC[CH2][Sn]([CH2]CCC)[CH2]CCC.C[SiH]C. The molecule has 0 aromatic heterocycles. The van der Waals surface area contributed by atoms with Crippen molar-refractivity contribution in [2.24, 2.45) is 0 Å².